The van der Waals surface area contributed by atoms with E-state index in [0.29, 0.717) is 6.61 Å². The molecule has 1 fully saturated rings. The van der Waals surface area contributed by atoms with Crippen LogP contribution in [-0.2, 0) is 46.6 Å². The molecular weight excluding hydrogens is 474 g/mol. The van der Waals surface area contributed by atoms with E-state index in [9.17, 15) is 13.5 Å². The third-order valence-corrected chi connectivity index (χ3v) is 6.93. The van der Waals surface area contributed by atoms with E-state index in [1.807, 2.05) is 60.7 Å². The number of quaternary nitrogens is 1. The summed E-state index contributed by atoms with van der Waals surface area (Å²) in [5, 5.41) is 11.2. The Morgan fingerprint density at radius 2 is 1.51 bits per heavy atom. The summed E-state index contributed by atoms with van der Waals surface area (Å²) >= 11 is 0. The summed E-state index contributed by atoms with van der Waals surface area (Å²) in [6.45, 7) is 0.573. The number of benzene rings is 2. The smallest absolute Gasteiger partial charge is 0.314 e. The lowest BCUT2D eigenvalue weighted by Gasteiger charge is -2.43. The summed E-state index contributed by atoms with van der Waals surface area (Å²) < 4.78 is 54.1. The molecule has 0 unspecified atom stereocenters. The lowest BCUT2D eigenvalue weighted by molar-refractivity contribution is -1.03. The third-order valence-electron chi connectivity index (χ3n) is 5.46. The maximum absolute atomic E-state index is 12.9. The Hall–Kier alpha value is -1.89. The fraction of sp³-hybridized carbons (Fsp3) is 0.520. The molecule has 194 valence electrons. The van der Waals surface area contributed by atoms with Gasteiger partial charge in [0.25, 0.3) is 0 Å². The van der Waals surface area contributed by atoms with Crippen molar-refractivity contribution in [2.24, 2.45) is 5.92 Å². The standard InChI is InChI=1S/C25H36NO8S/c1-26(2,3)34-35(28,29)18-21-23(27)22(17-31-15-19-11-7-5-8-12-19)33-25(30-4)24(21)32-16-20-13-9-6-10-14-20/h5-14,21-25,27H,15-18H2,1-4H3/q+1/t21-,22+,23-,24+,25-/m0/s1. The third kappa shape index (κ3) is 8.62. The second kappa shape index (κ2) is 12.4. The van der Waals surface area contributed by atoms with Gasteiger partial charge >= 0.3 is 10.1 Å². The van der Waals surface area contributed by atoms with Crippen molar-refractivity contribution in [3.8, 4) is 0 Å². The van der Waals surface area contributed by atoms with E-state index in [0.717, 1.165) is 11.1 Å². The minimum Gasteiger partial charge on any atom is -0.390 e. The molecule has 0 aliphatic carbocycles. The van der Waals surface area contributed by atoms with Crippen LogP contribution in [0.15, 0.2) is 60.7 Å². The molecule has 1 aliphatic heterocycles. The molecule has 1 saturated heterocycles. The molecule has 35 heavy (non-hydrogen) atoms. The summed E-state index contributed by atoms with van der Waals surface area (Å²) in [7, 11) is 2.22. The van der Waals surface area contributed by atoms with Crippen molar-refractivity contribution < 1.29 is 41.4 Å². The van der Waals surface area contributed by atoms with Gasteiger partial charge in [-0.25, -0.2) is 0 Å². The normalized spacial score (nSPS) is 25.5. The van der Waals surface area contributed by atoms with Gasteiger partial charge in [-0.2, -0.15) is 13.1 Å². The van der Waals surface area contributed by atoms with Gasteiger partial charge in [-0.3, -0.25) is 0 Å². The van der Waals surface area contributed by atoms with E-state index in [2.05, 4.69) is 0 Å². The molecule has 1 aliphatic rings. The number of methoxy groups -OCH3 is 1. The lowest BCUT2D eigenvalue weighted by atomic mass is 9.90. The Bertz CT molecular complexity index is 997. The van der Waals surface area contributed by atoms with E-state index in [1.165, 1.54) is 7.11 Å². The Balaban J connectivity index is 1.77. The van der Waals surface area contributed by atoms with Crippen molar-refractivity contribution in [2.75, 3.05) is 40.6 Å². The van der Waals surface area contributed by atoms with Crippen molar-refractivity contribution in [1.29, 1.82) is 0 Å². The fourth-order valence-corrected chi connectivity index (χ4v) is 5.57. The highest BCUT2D eigenvalue weighted by Crippen LogP contribution is 2.32. The van der Waals surface area contributed by atoms with Crippen molar-refractivity contribution in [3.05, 3.63) is 71.8 Å². The van der Waals surface area contributed by atoms with E-state index in [-0.39, 0.29) is 17.9 Å². The van der Waals surface area contributed by atoms with Gasteiger partial charge in [0.15, 0.2) is 6.29 Å². The van der Waals surface area contributed by atoms with Crippen LogP contribution in [0.4, 0.5) is 0 Å². The van der Waals surface area contributed by atoms with Crippen molar-refractivity contribution in [3.63, 3.8) is 0 Å². The number of aliphatic hydroxyl groups excluding tert-OH is 1. The van der Waals surface area contributed by atoms with Crippen LogP contribution in [0.3, 0.4) is 0 Å². The van der Waals surface area contributed by atoms with Gasteiger partial charge in [-0.1, -0.05) is 64.9 Å². The molecule has 5 atom stereocenters. The molecule has 0 radical (unpaired) electrons. The largest absolute Gasteiger partial charge is 0.390 e. The van der Waals surface area contributed by atoms with Gasteiger partial charge in [-0.05, 0) is 11.1 Å². The summed E-state index contributed by atoms with van der Waals surface area (Å²) in [5.41, 5.74) is 1.87. The van der Waals surface area contributed by atoms with Gasteiger partial charge in [0.05, 0.1) is 52.8 Å². The average Bonchev–Trinajstić information content (AvgIpc) is 2.80. The summed E-state index contributed by atoms with van der Waals surface area (Å²) in [6, 6.07) is 19.1. The van der Waals surface area contributed by atoms with Gasteiger partial charge in [0.2, 0.25) is 0 Å². The fourth-order valence-electron chi connectivity index (χ4n) is 3.97. The van der Waals surface area contributed by atoms with Crippen LogP contribution < -0.4 is 0 Å². The molecule has 0 bridgehead atoms. The molecule has 0 amide bonds. The first-order valence-corrected chi connectivity index (χ1v) is 13.0. The molecular formula is C25H36NO8S+. The van der Waals surface area contributed by atoms with Crippen LogP contribution in [0.25, 0.3) is 0 Å². The highest BCUT2D eigenvalue weighted by molar-refractivity contribution is 7.86. The van der Waals surface area contributed by atoms with E-state index >= 15 is 0 Å². The molecule has 2 aromatic carbocycles. The van der Waals surface area contributed by atoms with E-state index in [1.54, 1.807) is 21.1 Å². The first-order chi connectivity index (χ1) is 16.6. The molecule has 1 N–H and O–H groups in total. The summed E-state index contributed by atoms with van der Waals surface area (Å²) in [6.07, 6.45) is -3.77. The Morgan fingerprint density at radius 1 is 0.943 bits per heavy atom. The number of hydroxylamine groups is 3. The number of ether oxygens (including phenoxy) is 4. The maximum atomic E-state index is 12.9. The summed E-state index contributed by atoms with van der Waals surface area (Å²) in [4.78, 5) is 0. The first-order valence-electron chi connectivity index (χ1n) is 11.5. The van der Waals surface area contributed by atoms with Crippen LogP contribution in [0.2, 0.25) is 0 Å². The Labute approximate surface area is 207 Å². The van der Waals surface area contributed by atoms with E-state index < -0.39 is 46.4 Å². The molecule has 0 saturated carbocycles. The number of aliphatic hydroxyl groups is 1. The van der Waals surface area contributed by atoms with Crippen molar-refractivity contribution in [1.82, 2.24) is 0 Å². The van der Waals surface area contributed by atoms with Gasteiger partial charge in [0.1, 0.15) is 12.2 Å². The molecule has 10 heteroatoms. The first kappa shape index (κ1) is 27.7. The predicted molar refractivity (Wildman–Crippen MR) is 129 cm³/mol. The molecule has 0 aromatic heterocycles. The number of hydrogen-bond acceptors (Lipinski definition) is 8. The van der Waals surface area contributed by atoms with Gasteiger partial charge in [0, 0.05) is 13.0 Å². The quantitative estimate of drug-likeness (QED) is 0.342. The van der Waals surface area contributed by atoms with Gasteiger partial charge < -0.3 is 24.1 Å². The zero-order valence-electron chi connectivity index (χ0n) is 20.6. The second-order valence-corrected chi connectivity index (χ2v) is 11.0. The zero-order valence-corrected chi connectivity index (χ0v) is 21.5. The number of rotatable bonds is 12. The van der Waals surface area contributed by atoms with Crippen LogP contribution in [0.1, 0.15) is 11.1 Å². The SMILES string of the molecule is CO[C@H]1O[C@H](COCc2ccccc2)[C@@H](O)[C@H](CS(=O)(=O)O[N+](C)(C)C)[C@H]1OCc1ccccc1. The predicted octanol–water partition coefficient (Wildman–Crippen LogP) is 2.10. The van der Waals surface area contributed by atoms with Crippen LogP contribution in [0, 0.1) is 5.92 Å². The van der Waals surface area contributed by atoms with Crippen LogP contribution in [-0.4, -0.2) is 83.4 Å². The highest BCUT2D eigenvalue weighted by Gasteiger charge is 2.49. The number of nitrogens with zero attached hydrogens (tertiary/aromatic N) is 1. The molecule has 0 spiro atoms. The van der Waals surface area contributed by atoms with Gasteiger partial charge in [-0.15, -0.1) is 0 Å². The van der Waals surface area contributed by atoms with Crippen molar-refractivity contribution in [2.45, 2.75) is 37.8 Å². The minimum atomic E-state index is -4.03. The molecule has 9 nitrogen and oxygen atoms in total. The second-order valence-electron chi connectivity index (χ2n) is 9.38. The average molecular weight is 511 g/mol. The summed E-state index contributed by atoms with van der Waals surface area (Å²) in [5.74, 6) is -1.35. The maximum Gasteiger partial charge on any atom is 0.314 e. The van der Waals surface area contributed by atoms with Crippen LogP contribution in [0.5, 0.6) is 0 Å². The Morgan fingerprint density at radius 3 is 2.06 bits per heavy atom. The molecule has 3 rings (SSSR count). The van der Waals surface area contributed by atoms with Crippen molar-refractivity contribution >= 4 is 10.1 Å². The molecule has 2 aromatic rings. The van der Waals surface area contributed by atoms with E-state index in [4.69, 9.17) is 23.2 Å². The monoisotopic (exact) mass is 510 g/mol. The highest BCUT2D eigenvalue weighted by atomic mass is 32.2. The van der Waals surface area contributed by atoms with Crippen LogP contribution >= 0.6 is 0 Å². The lowest BCUT2D eigenvalue weighted by Crippen LogP contribution is -2.59. The molecule has 1 heterocycles. The minimum absolute atomic E-state index is 0.0497. The Kier molecular flexibility index (Phi) is 9.79. The number of hydrogen-bond donors (Lipinski definition) is 1. The topological polar surface area (TPSA) is 101 Å². The zero-order chi connectivity index (χ0) is 25.5.